The van der Waals surface area contributed by atoms with Gasteiger partial charge in [0.2, 0.25) is 5.78 Å². The molecule has 0 saturated heterocycles. The van der Waals surface area contributed by atoms with Gasteiger partial charge in [0.05, 0.1) is 0 Å². The van der Waals surface area contributed by atoms with E-state index in [-0.39, 0.29) is 18.2 Å². The zero-order valence-electron chi connectivity index (χ0n) is 14.5. The molecule has 5 heteroatoms. The molecule has 3 rings (SSSR count). The van der Waals surface area contributed by atoms with Gasteiger partial charge in [-0.1, -0.05) is 46.3 Å². The minimum absolute atomic E-state index is 0.192. The van der Waals surface area contributed by atoms with E-state index in [1.54, 1.807) is 31.2 Å². The fraction of sp³-hybridized carbons (Fsp3) is 0.238. The molecular weight excluding hydrogens is 394 g/mol. The number of benzene rings is 2. The first-order chi connectivity index (χ1) is 12.5. The van der Waals surface area contributed by atoms with Crippen LogP contribution in [0.3, 0.4) is 0 Å². The van der Waals surface area contributed by atoms with Gasteiger partial charge in [-0.25, -0.2) is 0 Å². The molecule has 0 aliphatic rings. The van der Waals surface area contributed by atoms with Crippen LogP contribution in [0.15, 0.2) is 59.2 Å². The average Bonchev–Trinajstić information content (AvgIpc) is 3.05. The number of aromatic amines is 1. The van der Waals surface area contributed by atoms with E-state index in [0.717, 1.165) is 16.4 Å². The van der Waals surface area contributed by atoms with Crippen molar-refractivity contribution in [3.8, 4) is 0 Å². The van der Waals surface area contributed by atoms with Crippen molar-refractivity contribution in [3.05, 3.63) is 70.3 Å². The number of ether oxygens (including phenoxy) is 1. The van der Waals surface area contributed by atoms with Crippen LogP contribution in [0.2, 0.25) is 0 Å². The summed E-state index contributed by atoms with van der Waals surface area (Å²) in [7, 11) is 0. The van der Waals surface area contributed by atoms with E-state index in [4.69, 9.17) is 4.74 Å². The van der Waals surface area contributed by atoms with Crippen molar-refractivity contribution in [1.29, 1.82) is 0 Å². The number of carbonyl (C=O) groups excluding carboxylic acids is 2. The predicted octanol–water partition coefficient (Wildman–Crippen LogP) is 5.07. The maximum Gasteiger partial charge on any atom is 0.306 e. The van der Waals surface area contributed by atoms with Gasteiger partial charge in [-0.3, -0.25) is 9.59 Å². The maximum absolute atomic E-state index is 12.3. The minimum Gasteiger partial charge on any atom is -0.454 e. The summed E-state index contributed by atoms with van der Waals surface area (Å²) in [5.74, 6) is -0.537. The van der Waals surface area contributed by atoms with E-state index in [1.807, 2.05) is 24.4 Å². The molecule has 0 spiro atoms. The van der Waals surface area contributed by atoms with E-state index >= 15 is 0 Å². The number of rotatable bonds is 7. The Morgan fingerprint density at radius 1 is 1.12 bits per heavy atom. The lowest BCUT2D eigenvalue weighted by Crippen LogP contribution is -2.24. The van der Waals surface area contributed by atoms with Crippen LogP contribution >= 0.6 is 15.9 Å². The third-order valence-corrected chi connectivity index (χ3v) is 4.84. The number of nitrogens with one attached hydrogen (secondary N) is 1. The topological polar surface area (TPSA) is 59.2 Å². The minimum atomic E-state index is -0.781. The van der Waals surface area contributed by atoms with Gasteiger partial charge in [0.25, 0.3) is 0 Å². The summed E-state index contributed by atoms with van der Waals surface area (Å²) in [4.78, 5) is 27.6. The van der Waals surface area contributed by atoms with Crippen molar-refractivity contribution in [3.63, 3.8) is 0 Å². The molecule has 26 heavy (non-hydrogen) atoms. The Balaban J connectivity index is 1.49. The summed E-state index contributed by atoms with van der Waals surface area (Å²) in [6.07, 6.45) is 2.96. The molecule has 1 N–H and O–H groups in total. The number of hydrogen-bond acceptors (Lipinski definition) is 3. The molecule has 3 aromatic rings. The van der Waals surface area contributed by atoms with Gasteiger partial charge in [-0.15, -0.1) is 0 Å². The van der Waals surface area contributed by atoms with Gasteiger partial charge in [0.15, 0.2) is 6.10 Å². The largest absolute Gasteiger partial charge is 0.454 e. The molecule has 0 aliphatic carbocycles. The van der Waals surface area contributed by atoms with Crippen LogP contribution in [0.25, 0.3) is 10.9 Å². The van der Waals surface area contributed by atoms with E-state index in [0.29, 0.717) is 12.0 Å². The number of Topliss-reactive ketones (excluding diaryl/α,β-unsaturated/α-hetero) is 1. The van der Waals surface area contributed by atoms with Crippen molar-refractivity contribution >= 4 is 38.6 Å². The Kier molecular flexibility index (Phi) is 5.89. The van der Waals surface area contributed by atoms with Crippen molar-refractivity contribution in [2.75, 3.05) is 0 Å². The maximum atomic E-state index is 12.3. The molecule has 0 aliphatic heterocycles. The van der Waals surface area contributed by atoms with E-state index in [1.165, 1.54) is 10.9 Å². The molecule has 0 radical (unpaired) electrons. The molecular formula is C21H20BrNO3. The first-order valence-electron chi connectivity index (χ1n) is 8.59. The molecule has 1 unspecified atom stereocenters. The zero-order valence-corrected chi connectivity index (χ0v) is 16.1. The fourth-order valence-electron chi connectivity index (χ4n) is 2.92. The van der Waals surface area contributed by atoms with Crippen LogP contribution in [0.5, 0.6) is 0 Å². The van der Waals surface area contributed by atoms with Gasteiger partial charge in [0.1, 0.15) is 0 Å². The molecule has 0 fully saturated rings. The summed E-state index contributed by atoms with van der Waals surface area (Å²) < 4.78 is 6.19. The standard InChI is InChI=1S/C21H20BrNO3/c1-14(21(25)15-9-11-17(22)12-10-15)26-20(24)8-4-5-16-13-23-19-7-3-2-6-18(16)19/h2-3,6-7,9-14,23H,4-5,8H2,1H3. The van der Waals surface area contributed by atoms with Gasteiger partial charge >= 0.3 is 5.97 Å². The number of esters is 1. The Morgan fingerprint density at radius 2 is 1.85 bits per heavy atom. The lowest BCUT2D eigenvalue weighted by atomic mass is 10.1. The second-order valence-electron chi connectivity index (χ2n) is 6.22. The molecule has 1 atom stereocenters. The molecule has 134 valence electrons. The first-order valence-corrected chi connectivity index (χ1v) is 9.38. The van der Waals surface area contributed by atoms with Gasteiger partial charge < -0.3 is 9.72 Å². The second-order valence-corrected chi connectivity index (χ2v) is 7.13. The van der Waals surface area contributed by atoms with Gasteiger partial charge in [-0.2, -0.15) is 0 Å². The van der Waals surface area contributed by atoms with Crippen LogP contribution < -0.4 is 0 Å². The van der Waals surface area contributed by atoms with Crippen LogP contribution in [-0.2, 0) is 16.0 Å². The normalized spacial score (nSPS) is 12.1. The van der Waals surface area contributed by atoms with E-state index < -0.39 is 6.10 Å². The third kappa shape index (κ3) is 4.41. The third-order valence-electron chi connectivity index (χ3n) is 4.31. The molecule has 1 aromatic heterocycles. The molecule has 1 heterocycles. The number of fused-ring (bicyclic) bond motifs is 1. The summed E-state index contributed by atoms with van der Waals surface area (Å²) in [5.41, 5.74) is 2.82. The van der Waals surface area contributed by atoms with Crippen LogP contribution in [-0.4, -0.2) is 22.8 Å². The fourth-order valence-corrected chi connectivity index (χ4v) is 3.18. The Morgan fingerprint density at radius 3 is 2.62 bits per heavy atom. The van der Waals surface area contributed by atoms with Crippen molar-refractivity contribution in [2.24, 2.45) is 0 Å². The summed E-state index contributed by atoms with van der Waals surface area (Å²) in [6.45, 7) is 1.61. The van der Waals surface area contributed by atoms with Gasteiger partial charge in [-0.05, 0) is 43.5 Å². The molecule has 0 amide bonds. The zero-order chi connectivity index (χ0) is 18.5. The lowest BCUT2D eigenvalue weighted by Gasteiger charge is -2.12. The van der Waals surface area contributed by atoms with Crippen molar-refractivity contribution in [1.82, 2.24) is 4.98 Å². The Labute approximate surface area is 160 Å². The Bertz CT molecular complexity index is 914. The molecule has 4 nitrogen and oxygen atoms in total. The first kappa shape index (κ1) is 18.4. The number of halogens is 1. The highest BCUT2D eigenvalue weighted by Crippen LogP contribution is 2.20. The van der Waals surface area contributed by atoms with Crippen molar-refractivity contribution < 1.29 is 14.3 Å². The summed E-state index contributed by atoms with van der Waals surface area (Å²) in [5, 5.41) is 1.18. The predicted molar refractivity (Wildman–Crippen MR) is 105 cm³/mol. The highest BCUT2D eigenvalue weighted by atomic mass is 79.9. The number of aromatic nitrogens is 1. The Hall–Kier alpha value is -2.40. The molecule has 0 saturated carbocycles. The SMILES string of the molecule is CC(OC(=O)CCCc1c[nH]c2ccccc12)C(=O)c1ccc(Br)cc1. The van der Waals surface area contributed by atoms with Crippen LogP contribution in [0, 0.1) is 0 Å². The van der Waals surface area contributed by atoms with Crippen LogP contribution in [0.4, 0.5) is 0 Å². The number of H-pyrrole nitrogens is 1. The highest BCUT2D eigenvalue weighted by molar-refractivity contribution is 9.10. The smallest absolute Gasteiger partial charge is 0.306 e. The van der Waals surface area contributed by atoms with Crippen molar-refractivity contribution in [2.45, 2.75) is 32.3 Å². The number of hydrogen-bond donors (Lipinski definition) is 1. The number of para-hydroxylation sites is 1. The summed E-state index contributed by atoms with van der Waals surface area (Å²) in [6, 6.07) is 15.1. The average molecular weight is 414 g/mol. The monoisotopic (exact) mass is 413 g/mol. The number of aryl methyl sites for hydroxylation is 1. The van der Waals surface area contributed by atoms with Crippen LogP contribution in [0.1, 0.15) is 35.7 Å². The number of ketones is 1. The molecule has 0 bridgehead atoms. The van der Waals surface area contributed by atoms with E-state index in [2.05, 4.69) is 27.0 Å². The lowest BCUT2D eigenvalue weighted by molar-refractivity contribution is -0.146. The number of carbonyl (C=O) groups is 2. The van der Waals surface area contributed by atoms with Gasteiger partial charge in [0, 0.05) is 33.6 Å². The second kappa shape index (κ2) is 8.32. The quantitative estimate of drug-likeness (QED) is 0.434. The van der Waals surface area contributed by atoms with E-state index in [9.17, 15) is 9.59 Å². The molecule has 2 aromatic carbocycles. The summed E-state index contributed by atoms with van der Waals surface area (Å²) >= 11 is 3.33. The highest BCUT2D eigenvalue weighted by Gasteiger charge is 2.19.